The number of hydrogen-bond donors (Lipinski definition) is 3. The molecule has 0 spiro atoms. The summed E-state index contributed by atoms with van der Waals surface area (Å²) in [6.07, 6.45) is 4.48. The number of aliphatic hydroxyl groups is 1. The Labute approximate surface area is 116 Å². The van der Waals surface area contributed by atoms with Crippen molar-refractivity contribution in [3.05, 3.63) is 29.8 Å². The fourth-order valence-electron chi connectivity index (χ4n) is 2.15. The van der Waals surface area contributed by atoms with E-state index in [-0.39, 0.29) is 13.0 Å². The van der Waals surface area contributed by atoms with Gasteiger partial charge in [0, 0.05) is 24.2 Å². The minimum absolute atomic E-state index is 0.00235. The largest absolute Gasteiger partial charge is 0.480 e. The van der Waals surface area contributed by atoms with Crippen LogP contribution in [-0.2, 0) is 4.79 Å². The molecule has 1 aliphatic heterocycles. The topological polar surface area (TPSA) is 89.9 Å². The van der Waals surface area contributed by atoms with E-state index in [9.17, 15) is 14.7 Å². The zero-order chi connectivity index (χ0) is 14.7. The molecule has 2 amide bonds. The molecule has 1 fully saturated rings. The minimum atomic E-state index is -1.13. The number of carboxylic acids is 1. The zero-order valence-corrected chi connectivity index (χ0v) is 10.6. The predicted molar refractivity (Wildman–Crippen MR) is 72.1 cm³/mol. The summed E-state index contributed by atoms with van der Waals surface area (Å²) < 4.78 is 0. The van der Waals surface area contributed by atoms with Crippen molar-refractivity contribution in [1.82, 2.24) is 4.90 Å². The highest BCUT2D eigenvalue weighted by Crippen LogP contribution is 2.20. The van der Waals surface area contributed by atoms with Crippen molar-refractivity contribution in [3.63, 3.8) is 0 Å². The van der Waals surface area contributed by atoms with Crippen LogP contribution in [0.3, 0.4) is 0 Å². The van der Waals surface area contributed by atoms with Gasteiger partial charge in [-0.05, 0) is 18.2 Å². The maximum atomic E-state index is 12.1. The predicted octanol–water partition coefficient (Wildman–Crippen LogP) is 0.720. The number of carbonyl (C=O) groups is 2. The molecule has 20 heavy (non-hydrogen) atoms. The Morgan fingerprint density at radius 1 is 1.45 bits per heavy atom. The van der Waals surface area contributed by atoms with E-state index in [0.717, 1.165) is 4.90 Å². The highest BCUT2D eigenvalue weighted by molar-refractivity contribution is 5.93. The van der Waals surface area contributed by atoms with Crippen LogP contribution in [0.15, 0.2) is 24.3 Å². The number of hydrogen-bond acceptors (Lipinski definition) is 3. The molecule has 6 nitrogen and oxygen atoms in total. The molecule has 0 aliphatic carbocycles. The Kier molecular flexibility index (Phi) is 3.91. The SMILES string of the molecule is C#Cc1cccc(NC(=O)N2C[C@H](O)C[C@H]2C(=O)O)c1. The molecule has 0 saturated carbocycles. The lowest BCUT2D eigenvalue weighted by atomic mass is 10.2. The fourth-order valence-corrected chi connectivity index (χ4v) is 2.15. The van der Waals surface area contributed by atoms with E-state index in [1.54, 1.807) is 24.3 Å². The molecule has 0 aromatic heterocycles. The van der Waals surface area contributed by atoms with E-state index in [0.29, 0.717) is 11.3 Å². The normalized spacial score (nSPS) is 21.3. The van der Waals surface area contributed by atoms with E-state index in [4.69, 9.17) is 11.5 Å². The number of aliphatic carboxylic acids is 1. The first kappa shape index (κ1) is 13.9. The minimum Gasteiger partial charge on any atom is -0.480 e. The number of nitrogens with one attached hydrogen (secondary N) is 1. The lowest BCUT2D eigenvalue weighted by Crippen LogP contribution is -2.43. The Morgan fingerprint density at radius 2 is 2.20 bits per heavy atom. The molecule has 2 atom stereocenters. The molecule has 1 aliphatic rings. The summed E-state index contributed by atoms with van der Waals surface area (Å²) in [5.74, 6) is 1.31. The number of likely N-dealkylation sites (tertiary alicyclic amines) is 1. The molecule has 1 heterocycles. The highest BCUT2D eigenvalue weighted by Gasteiger charge is 2.38. The average molecular weight is 274 g/mol. The molecule has 1 aromatic carbocycles. The Morgan fingerprint density at radius 3 is 2.85 bits per heavy atom. The number of urea groups is 1. The standard InChI is InChI=1S/C14H14N2O4/c1-2-9-4-3-5-10(6-9)15-14(20)16-8-11(17)7-12(16)13(18)19/h1,3-6,11-12,17H,7-8H2,(H,15,20)(H,18,19)/t11-,12+/m1/s1. The zero-order valence-electron chi connectivity index (χ0n) is 10.6. The summed E-state index contributed by atoms with van der Waals surface area (Å²) in [4.78, 5) is 24.2. The van der Waals surface area contributed by atoms with Crippen molar-refractivity contribution >= 4 is 17.7 Å². The van der Waals surface area contributed by atoms with Gasteiger partial charge < -0.3 is 20.4 Å². The Bertz CT molecular complexity index is 579. The number of terminal acetylenes is 1. The van der Waals surface area contributed by atoms with Crippen LogP contribution in [0.4, 0.5) is 10.5 Å². The van der Waals surface area contributed by atoms with Crippen LogP contribution in [0.1, 0.15) is 12.0 Å². The maximum absolute atomic E-state index is 12.1. The smallest absolute Gasteiger partial charge is 0.326 e. The number of β-amino-alcohol motifs (C(OH)–C–C–N with tert-alkyl or cyclic N) is 1. The molecule has 0 unspecified atom stereocenters. The van der Waals surface area contributed by atoms with Crippen LogP contribution in [0.2, 0.25) is 0 Å². The second-order valence-corrected chi connectivity index (χ2v) is 4.55. The summed E-state index contributed by atoms with van der Waals surface area (Å²) in [5.41, 5.74) is 1.09. The van der Waals surface area contributed by atoms with Crippen LogP contribution in [0.25, 0.3) is 0 Å². The van der Waals surface area contributed by atoms with Crippen molar-refractivity contribution in [2.75, 3.05) is 11.9 Å². The number of amides is 2. The summed E-state index contributed by atoms with van der Waals surface area (Å²) in [6.45, 7) is -0.00235. The first-order valence-corrected chi connectivity index (χ1v) is 6.06. The molecule has 6 heteroatoms. The summed E-state index contributed by atoms with van der Waals surface area (Å²) >= 11 is 0. The number of nitrogens with zero attached hydrogens (tertiary/aromatic N) is 1. The number of aliphatic hydroxyl groups excluding tert-OH is 1. The molecule has 3 N–H and O–H groups in total. The lowest BCUT2D eigenvalue weighted by molar-refractivity contribution is -0.141. The van der Waals surface area contributed by atoms with Gasteiger partial charge in [-0.25, -0.2) is 9.59 Å². The first-order valence-electron chi connectivity index (χ1n) is 6.06. The van der Waals surface area contributed by atoms with Crippen molar-refractivity contribution in [1.29, 1.82) is 0 Å². The number of anilines is 1. The first-order chi connectivity index (χ1) is 9.51. The Balaban J connectivity index is 2.11. The van der Waals surface area contributed by atoms with E-state index in [1.165, 1.54) is 0 Å². The van der Waals surface area contributed by atoms with Crippen molar-refractivity contribution < 1.29 is 19.8 Å². The van der Waals surface area contributed by atoms with Gasteiger partial charge in [-0.2, -0.15) is 0 Å². The maximum Gasteiger partial charge on any atom is 0.326 e. The van der Waals surface area contributed by atoms with Gasteiger partial charge in [0.1, 0.15) is 6.04 Å². The van der Waals surface area contributed by atoms with E-state index in [1.807, 2.05) is 0 Å². The lowest BCUT2D eigenvalue weighted by Gasteiger charge is -2.21. The third kappa shape index (κ3) is 2.90. The van der Waals surface area contributed by atoms with Gasteiger partial charge in [0.05, 0.1) is 6.10 Å². The van der Waals surface area contributed by atoms with Gasteiger partial charge in [0.2, 0.25) is 0 Å². The van der Waals surface area contributed by atoms with E-state index in [2.05, 4.69) is 11.2 Å². The monoisotopic (exact) mass is 274 g/mol. The summed E-state index contributed by atoms with van der Waals surface area (Å²) in [7, 11) is 0. The van der Waals surface area contributed by atoms with Gasteiger partial charge >= 0.3 is 12.0 Å². The fraction of sp³-hybridized carbons (Fsp3) is 0.286. The number of benzene rings is 1. The van der Waals surface area contributed by atoms with Gasteiger partial charge in [0.15, 0.2) is 0 Å². The molecular weight excluding hydrogens is 260 g/mol. The van der Waals surface area contributed by atoms with Crippen LogP contribution >= 0.6 is 0 Å². The summed E-state index contributed by atoms with van der Waals surface area (Å²) in [5, 5.41) is 21.1. The third-order valence-corrected chi connectivity index (χ3v) is 3.11. The molecule has 104 valence electrons. The van der Waals surface area contributed by atoms with Crippen molar-refractivity contribution in [2.45, 2.75) is 18.6 Å². The average Bonchev–Trinajstić information content (AvgIpc) is 2.81. The van der Waals surface area contributed by atoms with Gasteiger partial charge in [-0.3, -0.25) is 0 Å². The van der Waals surface area contributed by atoms with Crippen LogP contribution in [0, 0.1) is 12.3 Å². The molecule has 0 radical (unpaired) electrons. The quantitative estimate of drug-likeness (QED) is 0.693. The van der Waals surface area contributed by atoms with Gasteiger partial charge in [0.25, 0.3) is 0 Å². The summed E-state index contributed by atoms with van der Waals surface area (Å²) in [6, 6.07) is 5.10. The third-order valence-electron chi connectivity index (χ3n) is 3.11. The Hall–Kier alpha value is -2.52. The molecule has 1 aromatic rings. The highest BCUT2D eigenvalue weighted by atomic mass is 16.4. The van der Waals surface area contributed by atoms with E-state index < -0.39 is 24.1 Å². The second-order valence-electron chi connectivity index (χ2n) is 4.55. The van der Waals surface area contributed by atoms with Crippen molar-refractivity contribution in [2.24, 2.45) is 0 Å². The molecule has 2 rings (SSSR count). The molecule has 1 saturated heterocycles. The number of carboxylic acid groups (broad SMARTS) is 1. The number of carbonyl (C=O) groups excluding carboxylic acids is 1. The van der Waals surface area contributed by atoms with Crippen LogP contribution < -0.4 is 5.32 Å². The second kappa shape index (κ2) is 5.63. The van der Waals surface area contributed by atoms with Gasteiger partial charge in [-0.15, -0.1) is 6.42 Å². The molecular formula is C14H14N2O4. The van der Waals surface area contributed by atoms with Crippen molar-refractivity contribution in [3.8, 4) is 12.3 Å². The van der Waals surface area contributed by atoms with Crippen LogP contribution in [0.5, 0.6) is 0 Å². The van der Waals surface area contributed by atoms with Gasteiger partial charge in [-0.1, -0.05) is 12.0 Å². The van der Waals surface area contributed by atoms with E-state index >= 15 is 0 Å². The molecule has 0 bridgehead atoms. The van der Waals surface area contributed by atoms with Crippen LogP contribution in [-0.4, -0.2) is 45.8 Å². The number of rotatable bonds is 2.